The van der Waals surface area contributed by atoms with Gasteiger partial charge in [0.1, 0.15) is 11.9 Å². The lowest BCUT2D eigenvalue weighted by atomic mass is 10.0. The van der Waals surface area contributed by atoms with Gasteiger partial charge in [0.2, 0.25) is 5.91 Å². The van der Waals surface area contributed by atoms with E-state index in [1.807, 2.05) is 0 Å². The Balaban J connectivity index is 1.91. The van der Waals surface area contributed by atoms with Gasteiger partial charge in [-0.1, -0.05) is 23.4 Å². The molecule has 2 aromatic rings. The van der Waals surface area contributed by atoms with Gasteiger partial charge >= 0.3 is 0 Å². The van der Waals surface area contributed by atoms with E-state index in [1.165, 1.54) is 6.07 Å². The number of halogens is 1. The minimum absolute atomic E-state index is 0.214. The number of amides is 1. The number of hydrogen-bond acceptors (Lipinski definition) is 4. The van der Waals surface area contributed by atoms with Crippen molar-refractivity contribution in [3.05, 3.63) is 48.0 Å². The second kappa shape index (κ2) is 7.65. The Morgan fingerprint density at radius 2 is 2.18 bits per heavy atom. The van der Waals surface area contributed by atoms with Gasteiger partial charge in [-0.2, -0.15) is 0 Å². The van der Waals surface area contributed by atoms with Crippen LogP contribution in [0, 0.1) is 5.82 Å². The van der Waals surface area contributed by atoms with Crippen LogP contribution in [0.2, 0.25) is 0 Å². The van der Waals surface area contributed by atoms with Crippen molar-refractivity contribution < 1.29 is 9.18 Å². The van der Waals surface area contributed by atoms with Crippen molar-refractivity contribution >= 4 is 5.91 Å². The van der Waals surface area contributed by atoms with Crippen LogP contribution < -0.4 is 5.32 Å². The monoisotopic (exact) mass is 305 g/mol. The van der Waals surface area contributed by atoms with E-state index in [0.717, 1.165) is 6.42 Å². The molecule has 0 aliphatic rings. The largest absolute Gasteiger partial charge is 0.354 e. The maximum Gasteiger partial charge on any atom is 0.242 e. The van der Waals surface area contributed by atoms with Crippen LogP contribution in [0.15, 0.2) is 36.7 Å². The third-order valence-electron chi connectivity index (χ3n) is 3.30. The number of likely N-dealkylation sites (N-methyl/N-ethyl adjacent to an activating group) is 1. The first-order chi connectivity index (χ1) is 10.6. The molecule has 0 aliphatic heterocycles. The number of nitrogens with one attached hydrogen (secondary N) is 1. The number of nitrogens with zero attached hydrogens (tertiary/aromatic N) is 4. The lowest BCUT2D eigenvalue weighted by Crippen LogP contribution is -2.38. The van der Waals surface area contributed by atoms with E-state index < -0.39 is 6.04 Å². The van der Waals surface area contributed by atoms with Crippen LogP contribution in [0.4, 0.5) is 4.39 Å². The van der Waals surface area contributed by atoms with E-state index in [-0.39, 0.29) is 11.7 Å². The molecule has 1 aromatic carbocycles. The van der Waals surface area contributed by atoms with Crippen LogP contribution in [0.3, 0.4) is 0 Å². The zero-order valence-electron chi connectivity index (χ0n) is 12.7. The van der Waals surface area contributed by atoms with Gasteiger partial charge in [0.05, 0.1) is 6.20 Å². The fraction of sp³-hybridized carbons (Fsp3) is 0.400. The van der Waals surface area contributed by atoms with Crippen LogP contribution in [0.1, 0.15) is 18.0 Å². The van der Waals surface area contributed by atoms with Gasteiger partial charge in [-0.05, 0) is 26.6 Å². The third kappa shape index (κ3) is 4.11. The fourth-order valence-electron chi connectivity index (χ4n) is 2.25. The molecule has 0 spiro atoms. The maximum absolute atomic E-state index is 13.9. The Labute approximate surface area is 128 Å². The zero-order chi connectivity index (χ0) is 15.9. The van der Waals surface area contributed by atoms with E-state index in [2.05, 4.69) is 15.6 Å². The Bertz CT molecular complexity index is 600. The summed E-state index contributed by atoms with van der Waals surface area (Å²) >= 11 is 0. The van der Waals surface area contributed by atoms with Crippen molar-refractivity contribution in [2.24, 2.45) is 0 Å². The second-order valence-corrected chi connectivity index (χ2v) is 5.20. The topological polar surface area (TPSA) is 63.1 Å². The maximum atomic E-state index is 13.9. The molecule has 0 radical (unpaired) electrons. The molecular weight excluding hydrogens is 285 g/mol. The normalized spacial score (nSPS) is 12.4. The molecule has 2 rings (SSSR count). The predicted octanol–water partition coefficient (Wildman–Crippen LogP) is 1.23. The summed E-state index contributed by atoms with van der Waals surface area (Å²) in [5.74, 6) is -0.590. The molecule has 22 heavy (non-hydrogen) atoms. The molecule has 0 bridgehead atoms. The summed E-state index contributed by atoms with van der Waals surface area (Å²) in [4.78, 5) is 14.0. The first-order valence-electron chi connectivity index (χ1n) is 7.12. The SMILES string of the molecule is CN(C)C(C(=O)NCCCn1ccnn1)c1ccccc1F. The Morgan fingerprint density at radius 1 is 1.41 bits per heavy atom. The van der Waals surface area contributed by atoms with Gasteiger partial charge in [0.15, 0.2) is 0 Å². The van der Waals surface area contributed by atoms with Gasteiger partial charge < -0.3 is 5.32 Å². The number of hydrogen-bond donors (Lipinski definition) is 1. The summed E-state index contributed by atoms with van der Waals surface area (Å²) in [5, 5.41) is 10.4. The first-order valence-corrected chi connectivity index (χ1v) is 7.12. The van der Waals surface area contributed by atoms with Gasteiger partial charge in [-0.15, -0.1) is 5.10 Å². The molecule has 0 aliphatic carbocycles. The highest BCUT2D eigenvalue weighted by atomic mass is 19.1. The van der Waals surface area contributed by atoms with Crippen molar-refractivity contribution in [1.29, 1.82) is 0 Å². The highest BCUT2D eigenvalue weighted by molar-refractivity contribution is 5.83. The van der Waals surface area contributed by atoms with Crippen molar-refractivity contribution in [2.75, 3.05) is 20.6 Å². The lowest BCUT2D eigenvalue weighted by Gasteiger charge is -2.24. The van der Waals surface area contributed by atoms with Crippen molar-refractivity contribution in [2.45, 2.75) is 19.0 Å². The average Bonchev–Trinajstić information content (AvgIpc) is 2.99. The van der Waals surface area contributed by atoms with Gasteiger partial charge in [-0.3, -0.25) is 14.4 Å². The fourth-order valence-corrected chi connectivity index (χ4v) is 2.25. The van der Waals surface area contributed by atoms with Crippen molar-refractivity contribution in [3.63, 3.8) is 0 Å². The minimum atomic E-state index is -0.646. The van der Waals surface area contributed by atoms with Crippen molar-refractivity contribution in [3.8, 4) is 0 Å². The number of carbonyl (C=O) groups is 1. The van der Waals surface area contributed by atoms with E-state index in [1.54, 1.807) is 54.3 Å². The molecule has 1 N–H and O–H groups in total. The average molecular weight is 305 g/mol. The molecule has 1 atom stereocenters. The molecule has 0 saturated carbocycles. The minimum Gasteiger partial charge on any atom is -0.354 e. The molecule has 1 unspecified atom stereocenters. The molecule has 0 fully saturated rings. The van der Waals surface area contributed by atoms with Crippen LogP contribution in [0.5, 0.6) is 0 Å². The smallest absolute Gasteiger partial charge is 0.242 e. The molecule has 6 nitrogen and oxygen atoms in total. The van der Waals surface area contributed by atoms with Crippen LogP contribution in [0.25, 0.3) is 0 Å². The number of aromatic nitrogens is 3. The summed E-state index contributed by atoms with van der Waals surface area (Å²) in [6.07, 6.45) is 4.11. The Morgan fingerprint density at radius 3 is 2.82 bits per heavy atom. The summed E-state index contributed by atoms with van der Waals surface area (Å²) in [6.45, 7) is 1.17. The standard InChI is InChI=1S/C15H20FN5O/c1-20(2)14(12-6-3-4-7-13(12)16)15(22)17-8-5-10-21-11-9-18-19-21/h3-4,6-7,9,11,14H,5,8,10H2,1-2H3,(H,17,22). The number of aryl methyl sites for hydroxylation is 1. The number of benzene rings is 1. The van der Waals surface area contributed by atoms with Crippen LogP contribution in [-0.2, 0) is 11.3 Å². The summed E-state index contributed by atoms with van der Waals surface area (Å²) < 4.78 is 15.6. The molecule has 1 heterocycles. The molecule has 7 heteroatoms. The highest BCUT2D eigenvalue weighted by Gasteiger charge is 2.25. The van der Waals surface area contributed by atoms with Crippen LogP contribution in [-0.4, -0.2) is 46.4 Å². The van der Waals surface area contributed by atoms with E-state index in [0.29, 0.717) is 18.7 Å². The zero-order valence-corrected chi connectivity index (χ0v) is 12.7. The van der Waals surface area contributed by atoms with Gasteiger partial charge in [0.25, 0.3) is 0 Å². The number of rotatable bonds is 7. The quantitative estimate of drug-likeness (QED) is 0.782. The summed E-state index contributed by atoms with van der Waals surface area (Å²) in [5.41, 5.74) is 0.376. The molecule has 1 aromatic heterocycles. The Hall–Kier alpha value is -2.28. The molecule has 1 amide bonds. The molecular formula is C15H20FN5O. The van der Waals surface area contributed by atoms with Crippen molar-refractivity contribution in [1.82, 2.24) is 25.2 Å². The van der Waals surface area contributed by atoms with E-state index in [4.69, 9.17) is 0 Å². The lowest BCUT2D eigenvalue weighted by molar-refractivity contribution is -0.125. The number of carbonyl (C=O) groups excluding carboxylic acids is 1. The van der Waals surface area contributed by atoms with Crippen LogP contribution >= 0.6 is 0 Å². The highest BCUT2D eigenvalue weighted by Crippen LogP contribution is 2.21. The van der Waals surface area contributed by atoms with E-state index in [9.17, 15) is 9.18 Å². The first kappa shape index (κ1) is 16.1. The van der Waals surface area contributed by atoms with Gasteiger partial charge in [-0.25, -0.2) is 4.39 Å². The third-order valence-corrected chi connectivity index (χ3v) is 3.30. The Kier molecular flexibility index (Phi) is 5.60. The second-order valence-electron chi connectivity index (χ2n) is 5.20. The predicted molar refractivity (Wildman–Crippen MR) is 80.5 cm³/mol. The van der Waals surface area contributed by atoms with Gasteiger partial charge in [0, 0.05) is 24.8 Å². The summed E-state index contributed by atoms with van der Waals surface area (Å²) in [7, 11) is 3.51. The van der Waals surface area contributed by atoms with E-state index >= 15 is 0 Å². The molecule has 0 saturated heterocycles. The summed E-state index contributed by atoms with van der Waals surface area (Å²) in [6, 6.07) is 5.69. The molecule has 118 valence electrons.